The Balaban J connectivity index is 1.77. The SMILES string of the molecule is Cc1cc(C(=O)NC(c2ccccc2)C2CC2)on1. The molecule has 2 aromatic rings. The van der Waals surface area contributed by atoms with E-state index in [0.717, 1.165) is 18.4 Å². The van der Waals surface area contributed by atoms with Crippen molar-refractivity contribution in [2.24, 2.45) is 5.92 Å². The molecule has 0 aliphatic heterocycles. The minimum Gasteiger partial charge on any atom is -0.351 e. The number of aryl methyl sites for hydroxylation is 1. The highest BCUT2D eigenvalue weighted by Crippen LogP contribution is 2.41. The highest BCUT2D eigenvalue weighted by Gasteiger charge is 2.34. The molecule has 1 heterocycles. The van der Waals surface area contributed by atoms with E-state index in [1.54, 1.807) is 13.0 Å². The molecule has 0 radical (unpaired) electrons. The molecule has 4 heteroatoms. The fourth-order valence-electron chi connectivity index (χ4n) is 2.25. The third-order valence-corrected chi connectivity index (χ3v) is 3.39. The van der Waals surface area contributed by atoms with Crippen LogP contribution in [-0.4, -0.2) is 11.1 Å². The minimum absolute atomic E-state index is 0.0686. The van der Waals surface area contributed by atoms with Gasteiger partial charge in [0.2, 0.25) is 5.76 Å². The Morgan fingerprint density at radius 2 is 2.11 bits per heavy atom. The number of carbonyl (C=O) groups excluding carboxylic acids is 1. The summed E-state index contributed by atoms with van der Waals surface area (Å²) in [6.45, 7) is 1.80. The molecule has 1 saturated carbocycles. The predicted molar refractivity (Wildman–Crippen MR) is 70.6 cm³/mol. The fraction of sp³-hybridized carbons (Fsp3) is 0.333. The monoisotopic (exact) mass is 256 g/mol. The van der Waals surface area contributed by atoms with Crippen molar-refractivity contribution in [3.8, 4) is 0 Å². The summed E-state index contributed by atoms with van der Waals surface area (Å²) in [5, 5.41) is 6.79. The minimum atomic E-state index is -0.193. The normalized spacial score (nSPS) is 16.1. The molecule has 1 fully saturated rings. The van der Waals surface area contributed by atoms with E-state index in [9.17, 15) is 4.79 Å². The van der Waals surface area contributed by atoms with Gasteiger partial charge in [-0.05, 0) is 31.2 Å². The first kappa shape index (κ1) is 12.0. The molecule has 1 aliphatic rings. The van der Waals surface area contributed by atoms with E-state index in [4.69, 9.17) is 4.52 Å². The first-order valence-electron chi connectivity index (χ1n) is 6.53. The van der Waals surface area contributed by atoms with Crippen LogP contribution in [0.3, 0.4) is 0 Å². The maximum Gasteiger partial charge on any atom is 0.290 e. The molecular weight excluding hydrogens is 240 g/mol. The number of aromatic nitrogens is 1. The Labute approximate surface area is 111 Å². The van der Waals surface area contributed by atoms with Gasteiger partial charge >= 0.3 is 0 Å². The number of benzene rings is 1. The highest BCUT2D eigenvalue weighted by atomic mass is 16.5. The van der Waals surface area contributed by atoms with E-state index < -0.39 is 0 Å². The van der Waals surface area contributed by atoms with Gasteiger partial charge < -0.3 is 9.84 Å². The van der Waals surface area contributed by atoms with E-state index in [1.807, 2.05) is 18.2 Å². The third kappa shape index (κ3) is 2.67. The molecule has 1 aliphatic carbocycles. The molecule has 1 unspecified atom stereocenters. The van der Waals surface area contributed by atoms with E-state index in [0.29, 0.717) is 11.6 Å². The van der Waals surface area contributed by atoms with Gasteiger partial charge in [0.05, 0.1) is 11.7 Å². The number of amides is 1. The van der Waals surface area contributed by atoms with Crippen molar-refractivity contribution in [2.45, 2.75) is 25.8 Å². The second-order valence-corrected chi connectivity index (χ2v) is 5.03. The number of hydrogen-bond donors (Lipinski definition) is 1. The van der Waals surface area contributed by atoms with Crippen LogP contribution in [0.2, 0.25) is 0 Å². The second kappa shape index (κ2) is 4.88. The first-order chi connectivity index (χ1) is 9.24. The summed E-state index contributed by atoms with van der Waals surface area (Å²) < 4.78 is 5.00. The molecule has 0 bridgehead atoms. The zero-order valence-corrected chi connectivity index (χ0v) is 10.8. The summed E-state index contributed by atoms with van der Waals surface area (Å²) in [4.78, 5) is 12.1. The number of hydrogen-bond acceptors (Lipinski definition) is 3. The lowest BCUT2D eigenvalue weighted by Gasteiger charge is -2.17. The summed E-state index contributed by atoms with van der Waals surface area (Å²) in [5.74, 6) is 0.621. The van der Waals surface area contributed by atoms with Gasteiger partial charge in [0.1, 0.15) is 0 Å². The standard InChI is InChI=1S/C15H16N2O2/c1-10-9-13(19-17-10)15(18)16-14(12-7-8-12)11-5-3-2-4-6-11/h2-6,9,12,14H,7-8H2,1H3,(H,16,18). The average Bonchev–Trinajstić information content (AvgIpc) is 3.18. The predicted octanol–water partition coefficient (Wildman–Crippen LogP) is 2.86. The molecule has 19 heavy (non-hydrogen) atoms. The van der Waals surface area contributed by atoms with Gasteiger partial charge in [-0.3, -0.25) is 4.79 Å². The molecule has 1 N–H and O–H groups in total. The summed E-state index contributed by atoms with van der Waals surface area (Å²) in [6, 6.07) is 11.8. The van der Waals surface area contributed by atoms with Crippen molar-refractivity contribution in [3.05, 3.63) is 53.4 Å². The number of nitrogens with one attached hydrogen (secondary N) is 1. The van der Waals surface area contributed by atoms with Crippen molar-refractivity contribution in [1.82, 2.24) is 10.5 Å². The van der Waals surface area contributed by atoms with Crippen molar-refractivity contribution < 1.29 is 9.32 Å². The third-order valence-electron chi connectivity index (χ3n) is 3.39. The molecule has 1 aromatic carbocycles. The molecule has 0 saturated heterocycles. The van der Waals surface area contributed by atoms with Gasteiger partial charge in [-0.25, -0.2) is 0 Å². The quantitative estimate of drug-likeness (QED) is 0.915. The van der Waals surface area contributed by atoms with Crippen molar-refractivity contribution in [1.29, 1.82) is 0 Å². The first-order valence-corrected chi connectivity index (χ1v) is 6.53. The largest absolute Gasteiger partial charge is 0.351 e. The number of carbonyl (C=O) groups is 1. The molecule has 1 atom stereocenters. The van der Waals surface area contributed by atoms with E-state index in [2.05, 4.69) is 22.6 Å². The van der Waals surface area contributed by atoms with Crippen molar-refractivity contribution in [2.75, 3.05) is 0 Å². The summed E-state index contributed by atoms with van der Waals surface area (Å²) in [6.07, 6.45) is 2.32. The second-order valence-electron chi connectivity index (χ2n) is 5.03. The number of rotatable bonds is 4. The van der Waals surface area contributed by atoms with Gasteiger partial charge in [0, 0.05) is 6.07 Å². The fourth-order valence-corrected chi connectivity index (χ4v) is 2.25. The average molecular weight is 256 g/mol. The van der Waals surface area contributed by atoms with Crippen LogP contribution in [0.1, 0.15) is 40.7 Å². The Bertz CT molecular complexity index is 573. The Hall–Kier alpha value is -2.10. The van der Waals surface area contributed by atoms with E-state index in [1.165, 1.54) is 0 Å². The summed E-state index contributed by atoms with van der Waals surface area (Å²) in [7, 11) is 0. The Morgan fingerprint density at radius 1 is 1.37 bits per heavy atom. The molecular formula is C15H16N2O2. The van der Waals surface area contributed by atoms with Crippen LogP contribution in [-0.2, 0) is 0 Å². The van der Waals surface area contributed by atoms with Gasteiger partial charge in [-0.2, -0.15) is 0 Å². The van der Waals surface area contributed by atoms with Crippen LogP contribution >= 0.6 is 0 Å². The molecule has 1 amide bonds. The van der Waals surface area contributed by atoms with Crippen LogP contribution in [0.15, 0.2) is 40.9 Å². The molecule has 0 spiro atoms. The Kier molecular flexibility index (Phi) is 3.07. The van der Waals surface area contributed by atoms with Crippen LogP contribution in [0.4, 0.5) is 0 Å². The van der Waals surface area contributed by atoms with Crippen LogP contribution in [0.5, 0.6) is 0 Å². The smallest absolute Gasteiger partial charge is 0.290 e. The zero-order chi connectivity index (χ0) is 13.2. The van der Waals surface area contributed by atoms with Crippen LogP contribution < -0.4 is 5.32 Å². The van der Waals surface area contributed by atoms with E-state index in [-0.39, 0.29) is 17.7 Å². The summed E-state index contributed by atoms with van der Waals surface area (Å²) in [5.41, 5.74) is 1.86. The Morgan fingerprint density at radius 3 is 2.68 bits per heavy atom. The van der Waals surface area contributed by atoms with Crippen LogP contribution in [0.25, 0.3) is 0 Å². The highest BCUT2D eigenvalue weighted by molar-refractivity contribution is 5.91. The lowest BCUT2D eigenvalue weighted by Crippen LogP contribution is -2.29. The molecule has 98 valence electrons. The molecule has 4 nitrogen and oxygen atoms in total. The van der Waals surface area contributed by atoms with Gasteiger partial charge in [-0.1, -0.05) is 35.5 Å². The van der Waals surface area contributed by atoms with Crippen molar-refractivity contribution >= 4 is 5.91 Å². The summed E-state index contributed by atoms with van der Waals surface area (Å²) >= 11 is 0. The lowest BCUT2D eigenvalue weighted by molar-refractivity contribution is 0.0894. The number of nitrogens with zero attached hydrogens (tertiary/aromatic N) is 1. The molecule has 3 rings (SSSR count). The van der Waals surface area contributed by atoms with Crippen LogP contribution in [0, 0.1) is 12.8 Å². The van der Waals surface area contributed by atoms with Gasteiger partial charge in [-0.15, -0.1) is 0 Å². The van der Waals surface area contributed by atoms with Gasteiger partial charge in [0.15, 0.2) is 0 Å². The maximum absolute atomic E-state index is 12.1. The van der Waals surface area contributed by atoms with Gasteiger partial charge in [0.25, 0.3) is 5.91 Å². The maximum atomic E-state index is 12.1. The zero-order valence-electron chi connectivity index (χ0n) is 10.8. The van der Waals surface area contributed by atoms with E-state index >= 15 is 0 Å². The molecule has 1 aromatic heterocycles. The topological polar surface area (TPSA) is 55.1 Å². The lowest BCUT2D eigenvalue weighted by atomic mass is 10.0. The van der Waals surface area contributed by atoms with Crippen molar-refractivity contribution in [3.63, 3.8) is 0 Å².